The first-order valence-electron chi connectivity index (χ1n) is 9.85. The van der Waals surface area contributed by atoms with Crippen LogP contribution in [0, 0.1) is 17.3 Å². The van der Waals surface area contributed by atoms with Gasteiger partial charge in [0, 0.05) is 29.2 Å². The summed E-state index contributed by atoms with van der Waals surface area (Å²) in [4.78, 5) is 17.7. The number of benzene rings is 1. The first kappa shape index (κ1) is 24.4. The van der Waals surface area contributed by atoms with E-state index in [9.17, 15) is 17.6 Å². The van der Waals surface area contributed by atoms with Crippen LogP contribution in [0.15, 0.2) is 57.8 Å². The number of nitriles is 1. The van der Waals surface area contributed by atoms with Crippen molar-refractivity contribution in [3.05, 3.63) is 65.0 Å². The molecule has 2 heterocycles. The molecule has 0 N–H and O–H groups in total. The number of hydrogen-bond acceptors (Lipinski definition) is 7. The van der Waals surface area contributed by atoms with E-state index in [0.29, 0.717) is 4.88 Å². The van der Waals surface area contributed by atoms with Gasteiger partial charge in [0.15, 0.2) is 0 Å². The minimum absolute atomic E-state index is 0.0231. The van der Waals surface area contributed by atoms with Crippen molar-refractivity contribution in [2.75, 3.05) is 7.05 Å². The van der Waals surface area contributed by atoms with E-state index < -0.39 is 27.5 Å². The SMILES string of the molecule is CN(Cc1cc(-c2cccnc2F)c(S(=O)(=O)c2cccc(C#N)c2)s1)C(=O)OC(C)(C)C. The Morgan fingerprint density at radius 3 is 2.58 bits per heavy atom. The third-order valence-electron chi connectivity index (χ3n) is 4.41. The molecule has 7 nitrogen and oxygen atoms in total. The van der Waals surface area contributed by atoms with Gasteiger partial charge in [-0.25, -0.2) is 18.2 Å². The smallest absolute Gasteiger partial charge is 0.410 e. The molecule has 0 bridgehead atoms. The van der Waals surface area contributed by atoms with Gasteiger partial charge in [0.2, 0.25) is 15.8 Å². The number of halogens is 1. The largest absolute Gasteiger partial charge is 0.444 e. The van der Waals surface area contributed by atoms with Crippen molar-refractivity contribution in [1.82, 2.24) is 9.88 Å². The molecule has 0 aliphatic rings. The molecule has 33 heavy (non-hydrogen) atoms. The second kappa shape index (κ2) is 9.29. The molecule has 0 aliphatic carbocycles. The van der Waals surface area contributed by atoms with Gasteiger partial charge in [-0.2, -0.15) is 9.65 Å². The van der Waals surface area contributed by atoms with Crippen LogP contribution in [0.5, 0.6) is 0 Å². The molecule has 10 heteroatoms. The number of hydrogen-bond donors (Lipinski definition) is 0. The molecule has 0 spiro atoms. The number of ether oxygens (including phenoxy) is 1. The highest BCUT2D eigenvalue weighted by molar-refractivity contribution is 7.93. The number of pyridine rings is 1. The third-order valence-corrected chi connectivity index (χ3v) is 7.82. The van der Waals surface area contributed by atoms with Crippen molar-refractivity contribution in [3.63, 3.8) is 0 Å². The number of aromatic nitrogens is 1. The summed E-state index contributed by atoms with van der Waals surface area (Å²) in [6, 6.07) is 12.0. The average Bonchev–Trinajstić information content (AvgIpc) is 3.17. The Morgan fingerprint density at radius 1 is 1.21 bits per heavy atom. The summed E-state index contributed by atoms with van der Waals surface area (Å²) >= 11 is 0.927. The summed E-state index contributed by atoms with van der Waals surface area (Å²) in [5.74, 6) is -0.815. The number of carbonyl (C=O) groups is 1. The monoisotopic (exact) mass is 487 g/mol. The molecule has 172 valence electrons. The molecule has 0 aliphatic heterocycles. The summed E-state index contributed by atoms with van der Waals surface area (Å²) in [7, 11) is -2.56. The lowest BCUT2D eigenvalue weighted by molar-refractivity contribution is 0.0286. The molecule has 0 radical (unpaired) electrons. The van der Waals surface area contributed by atoms with Crippen LogP contribution < -0.4 is 0 Å². The molecule has 3 aromatic rings. The number of thiophene rings is 1. The molecule has 2 aromatic heterocycles. The van der Waals surface area contributed by atoms with E-state index in [1.54, 1.807) is 20.8 Å². The number of sulfone groups is 1. The molecule has 0 atom stereocenters. The van der Waals surface area contributed by atoms with Crippen LogP contribution in [0.2, 0.25) is 0 Å². The van der Waals surface area contributed by atoms with Crippen LogP contribution in [-0.4, -0.2) is 37.0 Å². The lowest BCUT2D eigenvalue weighted by Crippen LogP contribution is -2.33. The van der Waals surface area contributed by atoms with E-state index in [0.717, 1.165) is 11.3 Å². The summed E-state index contributed by atoms with van der Waals surface area (Å²) < 4.78 is 46.7. The van der Waals surface area contributed by atoms with Crippen LogP contribution in [0.1, 0.15) is 31.2 Å². The maximum Gasteiger partial charge on any atom is 0.410 e. The number of amides is 1. The zero-order valence-corrected chi connectivity index (χ0v) is 20.1. The zero-order chi connectivity index (χ0) is 24.4. The highest BCUT2D eigenvalue weighted by Gasteiger charge is 2.28. The fourth-order valence-electron chi connectivity index (χ4n) is 2.95. The van der Waals surface area contributed by atoms with Crippen molar-refractivity contribution in [1.29, 1.82) is 5.26 Å². The number of rotatable bonds is 5. The van der Waals surface area contributed by atoms with Gasteiger partial charge >= 0.3 is 6.09 Å². The van der Waals surface area contributed by atoms with Crippen molar-refractivity contribution in [2.24, 2.45) is 0 Å². The normalized spacial score (nSPS) is 11.6. The molecule has 0 saturated heterocycles. The highest BCUT2D eigenvalue weighted by Crippen LogP contribution is 2.39. The first-order valence-corrected chi connectivity index (χ1v) is 12.2. The maximum absolute atomic E-state index is 14.5. The molecule has 1 amide bonds. The van der Waals surface area contributed by atoms with E-state index in [2.05, 4.69) is 4.98 Å². The molecule has 0 unspecified atom stereocenters. The quantitative estimate of drug-likeness (QED) is 0.469. The fourth-order valence-corrected chi connectivity index (χ4v) is 6.17. The predicted octanol–water partition coefficient (Wildman–Crippen LogP) is 5.02. The van der Waals surface area contributed by atoms with Gasteiger partial charge in [-0.15, -0.1) is 11.3 Å². The lowest BCUT2D eigenvalue weighted by atomic mass is 10.1. The van der Waals surface area contributed by atoms with Crippen molar-refractivity contribution in [2.45, 2.75) is 42.0 Å². The van der Waals surface area contributed by atoms with Gasteiger partial charge in [0.1, 0.15) is 9.81 Å². The lowest BCUT2D eigenvalue weighted by Gasteiger charge is -2.24. The van der Waals surface area contributed by atoms with Crippen LogP contribution in [0.4, 0.5) is 9.18 Å². The average molecular weight is 488 g/mol. The second-order valence-electron chi connectivity index (χ2n) is 8.24. The summed E-state index contributed by atoms with van der Waals surface area (Å²) in [6.07, 6.45) is 0.698. The number of nitrogens with zero attached hydrogens (tertiary/aromatic N) is 3. The van der Waals surface area contributed by atoms with E-state index in [4.69, 9.17) is 10.00 Å². The summed E-state index contributed by atoms with van der Waals surface area (Å²) in [5, 5.41) is 9.15. The minimum atomic E-state index is -4.09. The highest BCUT2D eigenvalue weighted by atomic mass is 32.2. The Labute approximate surface area is 196 Å². The molecule has 1 aromatic carbocycles. The minimum Gasteiger partial charge on any atom is -0.444 e. The van der Waals surface area contributed by atoms with Gasteiger partial charge in [-0.1, -0.05) is 6.07 Å². The van der Waals surface area contributed by atoms with Gasteiger partial charge in [0.25, 0.3) is 0 Å². The van der Waals surface area contributed by atoms with E-state index in [1.165, 1.54) is 60.6 Å². The molecule has 0 fully saturated rings. The van der Waals surface area contributed by atoms with Crippen LogP contribution in [0.3, 0.4) is 0 Å². The molecule has 0 saturated carbocycles. The Morgan fingerprint density at radius 2 is 1.94 bits per heavy atom. The molecular weight excluding hydrogens is 465 g/mol. The topological polar surface area (TPSA) is 100 Å². The Balaban J connectivity index is 2.09. The Hall–Kier alpha value is -3.29. The Bertz CT molecular complexity index is 1340. The van der Waals surface area contributed by atoms with Crippen LogP contribution >= 0.6 is 11.3 Å². The van der Waals surface area contributed by atoms with E-state index in [-0.39, 0.29) is 32.3 Å². The second-order valence-corrected chi connectivity index (χ2v) is 11.5. The van der Waals surface area contributed by atoms with Crippen molar-refractivity contribution < 1.29 is 22.3 Å². The zero-order valence-electron chi connectivity index (χ0n) is 18.5. The van der Waals surface area contributed by atoms with Gasteiger partial charge in [0.05, 0.1) is 23.1 Å². The fraction of sp³-hybridized carbons (Fsp3) is 0.261. The predicted molar refractivity (Wildman–Crippen MR) is 122 cm³/mol. The summed E-state index contributed by atoms with van der Waals surface area (Å²) in [5.41, 5.74) is -0.340. The van der Waals surface area contributed by atoms with E-state index >= 15 is 0 Å². The molecular formula is C23H22FN3O4S2. The van der Waals surface area contributed by atoms with Gasteiger partial charge < -0.3 is 9.64 Å². The van der Waals surface area contributed by atoms with Crippen molar-refractivity contribution in [3.8, 4) is 17.2 Å². The van der Waals surface area contributed by atoms with Gasteiger partial charge in [-0.05, 0) is 57.2 Å². The molecule has 3 rings (SSSR count). The number of carbonyl (C=O) groups excluding carboxylic acids is 1. The Kier molecular flexibility index (Phi) is 6.86. The summed E-state index contributed by atoms with van der Waals surface area (Å²) in [6.45, 7) is 5.29. The first-order chi connectivity index (χ1) is 15.4. The van der Waals surface area contributed by atoms with Crippen LogP contribution in [-0.2, 0) is 21.1 Å². The van der Waals surface area contributed by atoms with Gasteiger partial charge in [-0.3, -0.25) is 0 Å². The third kappa shape index (κ3) is 5.56. The van der Waals surface area contributed by atoms with Crippen LogP contribution in [0.25, 0.3) is 11.1 Å². The van der Waals surface area contributed by atoms with Crippen molar-refractivity contribution >= 4 is 27.3 Å². The van der Waals surface area contributed by atoms with E-state index in [1.807, 2.05) is 6.07 Å². The maximum atomic E-state index is 14.5. The standard InChI is InChI=1S/C23H22FN3O4S2/c1-23(2,3)31-22(28)27(4)14-16-12-19(18-9-6-10-26-20(18)24)21(32-16)33(29,30)17-8-5-7-15(11-17)13-25/h5-12H,14H2,1-4H3.